The van der Waals surface area contributed by atoms with Crippen LogP contribution >= 0.6 is 0 Å². The van der Waals surface area contributed by atoms with Crippen LogP contribution in [0.2, 0.25) is 0 Å². The summed E-state index contributed by atoms with van der Waals surface area (Å²) in [7, 11) is 0. The Bertz CT molecular complexity index is 392. The van der Waals surface area contributed by atoms with Gasteiger partial charge in [0.1, 0.15) is 6.04 Å². The van der Waals surface area contributed by atoms with Gasteiger partial charge in [-0.15, -0.1) is 0 Å². The van der Waals surface area contributed by atoms with Crippen LogP contribution in [-0.4, -0.2) is 28.0 Å². The van der Waals surface area contributed by atoms with E-state index in [2.05, 4.69) is 10.3 Å². The number of nitrogens with zero attached hydrogens (tertiary/aromatic N) is 1. The highest BCUT2D eigenvalue weighted by atomic mass is 16.4. The maximum Gasteiger partial charge on any atom is 0.326 e. The van der Waals surface area contributed by atoms with Crippen molar-refractivity contribution in [3.05, 3.63) is 30.1 Å². The lowest BCUT2D eigenvalue weighted by Crippen LogP contribution is -2.45. The number of carboxylic acids is 1. The zero-order valence-electron chi connectivity index (χ0n) is 9.88. The summed E-state index contributed by atoms with van der Waals surface area (Å²) in [6.07, 6.45) is 3.65. The lowest BCUT2D eigenvalue weighted by atomic mass is 9.99. The molecule has 1 aromatic heterocycles. The van der Waals surface area contributed by atoms with Gasteiger partial charge < -0.3 is 10.4 Å². The van der Waals surface area contributed by atoms with E-state index in [0.717, 1.165) is 0 Å². The highest BCUT2D eigenvalue weighted by molar-refractivity contribution is 5.96. The van der Waals surface area contributed by atoms with Gasteiger partial charge in [0, 0.05) is 12.4 Å². The molecule has 0 spiro atoms. The zero-order valence-corrected chi connectivity index (χ0v) is 9.88. The molecule has 0 aliphatic carbocycles. The van der Waals surface area contributed by atoms with Crippen LogP contribution in [0.4, 0.5) is 0 Å². The number of hydrogen-bond acceptors (Lipinski definition) is 3. The summed E-state index contributed by atoms with van der Waals surface area (Å²) in [5, 5.41) is 11.5. The van der Waals surface area contributed by atoms with Gasteiger partial charge in [-0.1, -0.05) is 20.3 Å². The zero-order chi connectivity index (χ0) is 12.8. The van der Waals surface area contributed by atoms with Crippen LogP contribution in [0.25, 0.3) is 0 Å². The fourth-order valence-corrected chi connectivity index (χ4v) is 1.40. The summed E-state index contributed by atoms with van der Waals surface area (Å²) in [6.45, 7) is 3.68. The number of carbonyl (C=O) groups excluding carboxylic acids is 1. The minimum absolute atomic E-state index is 0.117. The van der Waals surface area contributed by atoms with Crippen molar-refractivity contribution in [3.8, 4) is 0 Å². The molecule has 1 aromatic rings. The molecule has 17 heavy (non-hydrogen) atoms. The number of nitrogens with one attached hydrogen (secondary N) is 1. The molecule has 0 aliphatic rings. The van der Waals surface area contributed by atoms with E-state index in [1.807, 2.05) is 6.92 Å². The minimum atomic E-state index is -1.02. The first kappa shape index (κ1) is 13.2. The number of amides is 1. The highest BCUT2D eigenvalue weighted by Gasteiger charge is 2.25. The molecule has 0 saturated carbocycles. The normalized spacial score (nSPS) is 13.8. The van der Waals surface area contributed by atoms with E-state index in [9.17, 15) is 9.59 Å². The molecule has 5 nitrogen and oxygen atoms in total. The number of aliphatic carboxylic acids is 1. The predicted molar refractivity (Wildman–Crippen MR) is 62.6 cm³/mol. The molecule has 1 rings (SSSR count). The second-order valence-corrected chi connectivity index (χ2v) is 3.92. The van der Waals surface area contributed by atoms with Crippen LogP contribution < -0.4 is 5.32 Å². The molecule has 5 heteroatoms. The van der Waals surface area contributed by atoms with Gasteiger partial charge >= 0.3 is 5.97 Å². The Morgan fingerprint density at radius 2 is 2.24 bits per heavy atom. The molecule has 2 atom stereocenters. The van der Waals surface area contributed by atoms with Gasteiger partial charge in [0.15, 0.2) is 0 Å². The molecule has 1 amide bonds. The number of aromatic nitrogens is 1. The Kier molecular flexibility index (Phi) is 4.63. The molecule has 0 aromatic carbocycles. The van der Waals surface area contributed by atoms with E-state index in [1.54, 1.807) is 25.3 Å². The first-order chi connectivity index (χ1) is 8.06. The number of hydrogen-bond donors (Lipinski definition) is 2. The first-order valence-corrected chi connectivity index (χ1v) is 5.50. The summed E-state index contributed by atoms with van der Waals surface area (Å²) in [4.78, 5) is 26.6. The third-order valence-electron chi connectivity index (χ3n) is 2.69. The van der Waals surface area contributed by atoms with E-state index in [0.29, 0.717) is 12.0 Å². The summed E-state index contributed by atoms with van der Waals surface area (Å²) in [5.41, 5.74) is 0.363. The Morgan fingerprint density at radius 1 is 1.53 bits per heavy atom. The largest absolute Gasteiger partial charge is 0.480 e. The van der Waals surface area contributed by atoms with E-state index in [-0.39, 0.29) is 5.92 Å². The summed E-state index contributed by atoms with van der Waals surface area (Å²) in [5.74, 6) is -1.55. The number of rotatable bonds is 5. The van der Waals surface area contributed by atoms with E-state index >= 15 is 0 Å². The summed E-state index contributed by atoms with van der Waals surface area (Å²) >= 11 is 0. The van der Waals surface area contributed by atoms with Crippen LogP contribution in [0.5, 0.6) is 0 Å². The third kappa shape index (κ3) is 3.55. The molecule has 0 aliphatic heterocycles. The lowest BCUT2D eigenvalue weighted by Gasteiger charge is -2.19. The molecular formula is C12H16N2O3. The monoisotopic (exact) mass is 236 g/mol. The SMILES string of the molecule is CCC(C)[C@H](NC(=O)c1cccnc1)C(=O)O. The maximum atomic E-state index is 11.8. The molecular weight excluding hydrogens is 220 g/mol. The fourth-order valence-electron chi connectivity index (χ4n) is 1.40. The summed E-state index contributed by atoms with van der Waals surface area (Å²) in [6, 6.07) is 2.36. The predicted octanol–water partition coefficient (Wildman–Crippen LogP) is 1.31. The van der Waals surface area contributed by atoms with Crippen LogP contribution in [0, 0.1) is 5.92 Å². The van der Waals surface area contributed by atoms with Crippen molar-refractivity contribution in [2.45, 2.75) is 26.3 Å². The molecule has 92 valence electrons. The van der Waals surface area contributed by atoms with Gasteiger partial charge in [0.2, 0.25) is 0 Å². The van der Waals surface area contributed by atoms with Crippen molar-refractivity contribution in [2.75, 3.05) is 0 Å². The maximum absolute atomic E-state index is 11.8. The standard InChI is InChI=1S/C12H16N2O3/c1-3-8(2)10(12(16)17)14-11(15)9-5-4-6-13-7-9/h4-8,10H,3H2,1-2H3,(H,14,15)(H,16,17)/t8?,10-/m0/s1. The van der Waals surface area contributed by atoms with Crippen LogP contribution in [0.15, 0.2) is 24.5 Å². The van der Waals surface area contributed by atoms with Gasteiger partial charge in [-0.25, -0.2) is 4.79 Å². The van der Waals surface area contributed by atoms with Crippen LogP contribution in [0.3, 0.4) is 0 Å². The lowest BCUT2D eigenvalue weighted by molar-refractivity contribution is -0.140. The molecule has 1 heterocycles. The van der Waals surface area contributed by atoms with Gasteiger partial charge in [-0.2, -0.15) is 0 Å². The quantitative estimate of drug-likeness (QED) is 0.807. The Hall–Kier alpha value is -1.91. The van der Waals surface area contributed by atoms with E-state index in [4.69, 9.17) is 5.11 Å². The van der Waals surface area contributed by atoms with Gasteiger partial charge in [0.05, 0.1) is 5.56 Å². The Balaban J connectivity index is 2.75. The number of pyridine rings is 1. The number of carbonyl (C=O) groups is 2. The van der Waals surface area contributed by atoms with E-state index < -0.39 is 17.9 Å². The van der Waals surface area contributed by atoms with Crippen LogP contribution in [0.1, 0.15) is 30.6 Å². The third-order valence-corrected chi connectivity index (χ3v) is 2.69. The van der Waals surface area contributed by atoms with Crippen molar-refractivity contribution < 1.29 is 14.7 Å². The van der Waals surface area contributed by atoms with Crippen molar-refractivity contribution in [2.24, 2.45) is 5.92 Å². The molecule has 0 fully saturated rings. The average molecular weight is 236 g/mol. The van der Waals surface area contributed by atoms with Gasteiger partial charge in [0.25, 0.3) is 5.91 Å². The molecule has 0 radical (unpaired) electrons. The van der Waals surface area contributed by atoms with Gasteiger partial charge in [-0.05, 0) is 18.1 Å². The van der Waals surface area contributed by atoms with Crippen molar-refractivity contribution in [1.29, 1.82) is 0 Å². The average Bonchev–Trinajstić information content (AvgIpc) is 2.35. The first-order valence-electron chi connectivity index (χ1n) is 5.50. The second-order valence-electron chi connectivity index (χ2n) is 3.92. The Labute approximate surface area is 99.9 Å². The highest BCUT2D eigenvalue weighted by Crippen LogP contribution is 2.09. The molecule has 0 bridgehead atoms. The minimum Gasteiger partial charge on any atom is -0.480 e. The van der Waals surface area contributed by atoms with Crippen molar-refractivity contribution in [1.82, 2.24) is 10.3 Å². The molecule has 1 unspecified atom stereocenters. The summed E-state index contributed by atoms with van der Waals surface area (Å²) < 4.78 is 0. The topological polar surface area (TPSA) is 79.3 Å². The fraction of sp³-hybridized carbons (Fsp3) is 0.417. The second kappa shape index (κ2) is 5.98. The van der Waals surface area contributed by atoms with Crippen LogP contribution in [-0.2, 0) is 4.79 Å². The van der Waals surface area contributed by atoms with Crippen molar-refractivity contribution in [3.63, 3.8) is 0 Å². The van der Waals surface area contributed by atoms with E-state index in [1.165, 1.54) is 6.20 Å². The molecule has 2 N–H and O–H groups in total. The Morgan fingerprint density at radius 3 is 2.71 bits per heavy atom. The van der Waals surface area contributed by atoms with Gasteiger partial charge in [-0.3, -0.25) is 9.78 Å². The van der Waals surface area contributed by atoms with Crippen molar-refractivity contribution >= 4 is 11.9 Å². The smallest absolute Gasteiger partial charge is 0.326 e. The number of carboxylic acid groups (broad SMARTS) is 1. The molecule has 0 saturated heterocycles.